The molecule has 1 aliphatic heterocycles. The summed E-state index contributed by atoms with van der Waals surface area (Å²) in [4.78, 5) is 15.5. The quantitative estimate of drug-likeness (QED) is 0.821. The van der Waals surface area contributed by atoms with Crippen LogP contribution in [0.1, 0.15) is 19.8 Å². The molecule has 1 atom stereocenters. The third kappa shape index (κ3) is 2.77. The van der Waals surface area contributed by atoms with Gasteiger partial charge in [-0.1, -0.05) is 25.5 Å². The van der Waals surface area contributed by atoms with E-state index in [4.69, 9.17) is 4.74 Å². The molecule has 0 saturated carbocycles. The van der Waals surface area contributed by atoms with E-state index in [2.05, 4.69) is 4.99 Å². The number of fused-ring (bicyclic) bond motifs is 1. The van der Waals surface area contributed by atoms with E-state index in [0.29, 0.717) is 6.42 Å². The Balaban J connectivity index is 2.69. The smallest absolute Gasteiger partial charge is 0.449 e. The van der Waals surface area contributed by atoms with Gasteiger partial charge >= 0.3 is 6.18 Å². The van der Waals surface area contributed by atoms with Crippen LogP contribution >= 0.6 is 0 Å². The lowest BCUT2D eigenvalue weighted by atomic mass is 10.2. The van der Waals surface area contributed by atoms with Gasteiger partial charge in [0.15, 0.2) is 6.10 Å². The Bertz CT molecular complexity index is 607. The molecule has 3 nitrogen and oxygen atoms in total. The standard InChI is InChI=1S/C13H12F3NO2/c1-2-5-10-12(18)17-9-7-4-3-6-8(9)11(19-10)13(14,15)16/h3-4,6-7,10H,2,5H2,1H3. The Hall–Kier alpha value is -1.85. The van der Waals surface area contributed by atoms with Crippen LogP contribution in [-0.4, -0.2) is 18.2 Å². The molecule has 0 fully saturated rings. The number of hydrogen-bond donors (Lipinski definition) is 0. The lowest BCUT2D eigenvalue weighted by Crippen LogP contribution is -2.32. The molecule has 1 aromatic rings. The van der Waals surface area contributed by atoms with Crippen molar-refractivity contribution in [2.45, 2.75) is 32.0 Å². The molecule has 19 heavy (non-hydrogen) atoms. The van der Waals surface area contributed by atoms with Crippen molar-refractivity contribution in [2.24, 2.45) is 4.99 Å². The third-order valence-electron chi connectivity index (χ3n) is 2.72. The monoisotopic (exact) mass is 271 g/mol. The number of amides is 1. The summed E-state index contributed by atoms with van der Waals surface area (Å²) < 4.78 is 44.0. The number of carbonyl (C=O) groups excluding carboxylic acids is 1. The number of hydrogen-bond acceptors (Lipinski definition) is 2. The van der Waals surface area contributed by atoms with Crippen LogP contribution in [0.2, 0.25) is 0 Å². The zero-order valence-corrected chi connectivity index (χ0v) is 10.2. The minimum absolute atomic E-state index is 0.00146. The van der Waals surface area contributed by atoms with E-state index < -0.39 is 23.9 Å². The van der Waals surface area contributed by atoms with E-state index in [9.17, 15) is 18.0 Å². The maximum atomic E-state index is 13.0. The number of ether oxygens (including phenoxy) is 1. The molecule has 0 bridgehead atoms. The van der Waals surface area contributed by atoms with Crippen molar-refractivity contribution in [1.82, 2.24) is 0 Å². The minimum atomic E-state index is -4.65. The summed E-state index contributed by atoms with van der Waals surface area (Å²) in [5.41, 5.74) is 0. The largest absolute Gasteiger partial charge is 0.475 e. The SMILES string of the molecule is CCCC1OC(C(F)(F)F)=c2ccccc2=NC1=O. The summed E-state index contributed by atoms with van der Waals surface area (Å²) in [6.07, 6.45) is -5.08. The second-order valence-corrected chi connectivity index (χ2v) is 4.19. The van der Waals surface area contributed by atoms with Crippen LogP contribution in [-0.2, 0) is 9.53 Å². The molecule has 0 saturated heterocycles. The number of rotatable bonds is 2. The van der Waals surface area contributed by atoms with Gasteiger partial charge in [0.1, 0.15) is 0 Å². The Kier molecular flexibility index (Phi) is 3.59. The van der Waals surface area contributed by atoms with Crippen LogP contribution < -0.4 is 10.6 Å². The Morgan fingerprint density at radius 3 is 2.63 bits per heavy atom. The van der Waals surface area contributed by atoms with E-state index in [1.165, 1.54) is 24.3 Å². The average Bonchev–Trinajstić information content (AvgIpc) is 2.47. The maximum absolute atomic E-state index is 13.0. The number of halogens is 3. The molecular formula is C13H12F3NO2. The van der Waals surface area contributed by atoms with Gasteiger partial charge in [-0.25, -0.2) is 4.99 Å². The fourth-order valence-electron chi connectivity index (χ4n) is 1.87. The van der Waals surface area contributed by atoms with Gasteiger partial charge in [-0.15, -0.1) is 0 Å². The molecule has 1 amide bonds. The van der Waals surface area contributed by atoms with Gasteiger partial charge in [0, 0.05) is 5.22 Å². The second kappa shape index (κ2) is 5.03. The van der Waals surface area contributed by atoms with E-state index >= 15 is 0 Å². The summed E-state index contributed by atoms with van der Waals surface area (Å²) in [5.74, 6) is -1.82. The van der Waals surface area contributed by atoms with Gasteiger partial charge in [-0.05, 0) is 18.6 Å². The molecule has 1 heterocycles. The molecule has 102 valence electrons. The highest BCUT2D eigenvalue weighted by Gasteiger charge is 2.40. The van der Waals surface area contributed by atoms with E-state index in [1.54, 1.807) is 6.92 Å². The molecule has 0 aromatic heterocycles. The van der Waals surface area contributed by atoms with E-state index in [0.717, 1.165) is 0 Å². The molecule has 1 aromatic carbocycles. The predicted octanol–water partition coefficient (Wildman–Crippen LogP) is 1.70. The number of carbonyl (C=O) groups is 1. The molecule has 0 radical (unpaired) electrons. The molecule has 6 heteroatoms. The van der Waals surface area contributed by atoms with Crippen LogP contribution in [0.25, 0.3) is 5.76 Å². The van der Waals surface area contributed by atoms with Gasteiger partial charge in [0.25, 0.3) is 5.91 Å². The van der Waals surface area contributed by atoms with Crippen molar-refractivity contribution in [3.05, 3.63) is 34.8 Å². The van der Waals surface area contributed by atoms with Crippen LogP contribution in [0.4, 0.5) is 13.2 Å². The van der Waals surface area contributed by atoms with Gasteiger partial charge in [0.2, 0.25) is 5.76 Å². The first-order valence-corrected chi connectivity index (χ1v) is 5.89. The highest BCUT2D eigenvalue weighted by molar-refractivity contribution is 5.82. The molecule has 0 N–H and O–H groups in total. The molecular weight excluding hydrogens is 259 g/mol. The Morgan fingerprint density at radius 2 is 2.00 bits per heavy atom. The minimum Gasteiger partial charge on any atom is -0.475 e. The van der Waals surface area contributed by atoms with Crippen molar-refractivity contribution in [1.29, 1.82) is 0 Å². The average molecular weight is 271 g/mol. The van der Waals surface area contributed by atoms with Crippen LogP contribution in [0.15, 0.2) is 29.3 Å². The van der Waals surface area contributed by atoms with Gasteiger partial charge in [-0.3, -0.25) is 4.79 Å². The maximum Gasteiger partial charge on any atom is 0.449 e. The van der Waals surface area contributed by atoms with E-state index in [-0.39, 0.29) is 17.0 Å². The predicted molar refractivity (Wildman–Crippen MR) is 61.5 cm³/mol. The normalized spacial score (nSPS) is 19.3. The molecule has 1 aliphatic rings. The Labute approximate surface area is 107 Å². The molecule has 1 unspecified atom stereocenters. The number of nitrogens with zero attached hydrogens (tertiary/aromatic N) is 1. The summed E-state index contributed by atoms with van der Waals surface area (Å²) in [5, 5.41) is -0.194. The van der Waals surface area contributed by atoms with Crippen LogP contribution in [0.3, 0.4) is 0 Å². The first-order valence-electron chi connectivity index (χ1n) is 5.89. The van der Waals surface area contributed by atoms with Crippen LogP contribution in [0.5, 0.6) is 0 Å². The van der Waals surface area contributed by atoms with Gasteiger partial charge < -0.3 is 4.74 Å². The highest BCUT2D eigenvalue weighted by atomic mass is 19.4. The van der Waals surface area contributed by atoms with Crippen LogP contribution in [0, 0.1) is 0 Å². The summed E-state index contributed by atoms with van der Waals surface area (Å²) >= 11 is 0. The van der Waals surface area contributed by atoms with Crippen molar-refractivity contribution in [3.63, 3.8) is 0 Å². The first-order chi connectivity index (χ1) is 8.93. The van der Waals surface area contributed by atoms with Gasteiger partial charge in [-0.2, -0.15) is 13.2 Å². The van der Waals surface area contributed by atoms with E-state index in [1.807, 2.05) is 0 Å². The zero-order chi connectivity index (χ0) is 14.0. The van der Waals surface area contributed by atoms with Crippen molar-refractivity contribution < 1.29 is 22.7 Å². The number of alkyl halides is 3. The van der Waals surface area contributed by atoms with Crippen molar-refractivity contribution in [2.75, 3.05) is 0 Å². The van der Waals surface area contributed by atoms with Crippen molar-refractivity contribution in [3.8, 4) is 0 Å². The lowest BCUT2D eigenvalue weighted by Gasteiger charge is -2.18. The fourth-order valence-corrected chi connectivity index (χ4v) is 1.87. The zero-order valence-electron chi connectivity index (χ0n) is 10.2. The highest BCUT2D eigenvalue weighted by Crippen LogP contribution is 2.29. The first kappa shape index (κ1) is 13.6. The third-order valence-corrected chi connectivity index (χ3v) is 2.72. The molecule has 2 rings (SSSR count). The Morgan fingerprint density at radius 1 is 1.32 bits per heavy atom. The van der Waals surface area contributed by atoms with Crippen molar-refractivity contribution >= 4 is 11.7 Å². The molecule has 0 aliphatic carbocycles. The summed E-state index contributed by atoms with van der Waals surface area (Å²) in [6, 6.07) is 5.61. The number of para-hydroxylation sites is 1. The van der Waals surface area contributed by atoms with Gasteiger partial charge in [0.05, 0.1) is 5.36 Å². The fraction of sp³-hybridized carbons (Fsp3) is 0.385. The summed E-state index contributed by atoms with van der Waals surface area (Å²) in [7, 11) is 0. The second-order valence-electron chi connectivity index (χ2n) is 4.19. The lowest BCUT2D eigenvalue weighted by molar-refractivity contribution is -0.132. The summed E-state index contributed by atoms with van der Waals surface area (Å²) in [6.45, 7) is 1.77. The topological polar surface area (TPSA) is 38.7 Å². The number of benzene rings is 1. The molecule has 0 spiro atoms.